The Morgan fingerprint density at radius 1 is 1.29 bits per heavy atom. The molecule has 0 spiro atoms. The van der Waals surface area contributed by atoms with E-state index in [4.69, 9.17) is 0 Å². The third-order valence-electron chi connectivity index (χ3n) is 3.17. The van der Waals surface area contributed by atoms with Crippen LogP contribution in [0.15, 0.2) is 11.2 Å². The first kappa shape index (κ1) is 18.1. The normalized spacial score (nSPS) is 12.5. The van der Waals surface area contributed by atoms with Crippen molar-refractivity contribution in [3.8, 4) is 0 Å². The smallest absolute Gasteiger partial charge is 0.260 e. The fourth-order valence-electron chi connectivity index (χ4n) is 1.93. The lowest BCUT2D eigenvalue weighted by Gasteiger charge is -2.18. The Labute approximate surface area is 127 Å². The summed E-state index contributed by atoms with van der Waals surface area (Å²) < 4.78 is 26.5. The largest absolute Gasteiger partial charge is 0.313 e. The van der Waals surface area contributed by atoms with Crippen molar-refractivity contribution in [1.82, 2.24) is 24.7 Å². The second kappa shape index (κ2) is 8.47. The topological polar surface area (TPSA) is 81.3 Å². The van der Waals surface area contributed by atoms with Gasteiger partial charge in [0.2, 0.25) is 0 Å². The second-order valence-electron chi connectivity index (χ2n) is 5.38. The van der Waals surface area contributed by atoms with Gasteiger partial charge >= 0.3 is 0 Å². The first-order chi connectivity index (χ1) is 9.89. The van der Waals surface area contributed by atoms with Crippen LogP contribution in [0, 0.1) is 0 Å². The molecule has 0 fully saturated rings. The molecule has 0 aliphatic heterocycles. The average molecular weight is 317 g/mol. The monoisotopic (exact) mass is 317 g/mol. The Balaban J connectivity index is 2.71. The van der Waals surface area contributed by atoms with E-state index in [9.17, 15) is 8.42 Å². The number of hydrogen-bond donors (Lipinski definition) is 2. The number of rotatable bonds is 10. The Morgan fingerprint density at radius 3 is 2.62 bits per heavy atom. The molecule has 0 aliphatic rings. The number of hydrogen-bond acceptors (Lipinski definition) is 5. The molecule has 0 aromatic carbocycles. The van der Waals surface area contributed by atoms with E-state index >= 15 is 0 Å². The van der Waals surface area contributed by atoms with Gasteiger partial charge in [-0.1, -0.05) is 6.92 Å². The summed E-state index contributed by atoms with van der Waals surface area (Å²) in [7, 11) is 2.05. The fourth-order valence-corrected chi connectivity index (χ4v) is 3.24. The van der Waals surface area contributed by atoms with Crippen LogP contribution in [0.1, 0.15) is 25.3 Å². The van der Waals surface area contributed by atoms with Gasteiger partial charge in [-0.3, -0.25) is 5.10 Å². The van der Waals surface area contributed by atoms with E-state index in [-0.39, 0.29) is 5.03 Å². The van der Waals surface area contributed by atoms with E-state index < -0.39 is 10.0 Å². The fraction of sp³-hybridized carbons (Fsp3) is 0.769. The van der Waals surface area contributed by atoms with Crippen LogP contribution in [-0.4, -0.2) is 68.6 Å². The molecule has 0 amide bonds. The van der Waals surface area contributed by atoms with E-state index in [2.05, 4.69) is 22.4 Å². The molecule has 0 unspecified atom stereocenters. The highest BCUT2D eigenvalue weighted by atomic mass is 32.2. The number of nitrogens with one attached hydrogen (secondary N) is 2. The minimum Gasteiger partial charge on any atom is -0.313 e. The van der Waals surface area contributed by atoms with Crippen molar-refractivity contribution in [1.29, 1.82) is 0 Å². The van der Waals surface area contributed by atoms with Crippen molar-refractivity contribution < 1.29 is 8.42 Å². The van der Waals surface area contributed by atoms with Crippen molar-refractivity contribution in [3.63, 3.8) is 0 Å². The van der Waals surface area contributed by atoms with Crippen molar-refractivity contribution >= 4 is 10.0 Å². The lowest BCUT2D eigenvalue weighted by atomic mass is 10.3. The molecular formula is C13H27N5O2S. The van der Waals surface area contributed by atoms with Crippen LogP contribution in [0.25, 0.3) is 0 Å². The van der Waals surface area contributed by atoms with Crippen LogP contribution in [0.5, 0.6) is 0 Å². The third kappa shape index (κ3) is 5.39. The van der Waals surface area contributed by atoms with Gasteiger partial charge in [0, 0.05) is 25.7 Å². The zero-order chi connectivity index (χ0) is 15.9. The minimum atomic E-state index is -3.50. The van der Waals surface area contributed by atoms with E-state index in [0.29, 0.717) is 18.7 Å². The molecule has 122 valence electrons. The molecule has 7 nitrogen and oxygen atoms in total. The molecule has 2 N–H and O–H groups in total. The van der Waals surface area contributed by atoms with Gasteiger partial charge in [0.05, 0.1) is 6.20 Å². The predicted molar refractivity (Wildman–Crippen MR) is 83.6 cm³/mol. The molecule has 1 aromatic rings. The summed E-state index contributed by atoms with van der Waals surface area (Å²) in [5, 5.41) is 9.89. The summed E-state index contributed by atoms with van der Waals surface area (Å²) >= 11 is 0. The van der Waals surface area contributed by atoms with Crippen molar-refractivity contribution in [2.24, 2.45) is 0 Å². The summed E-state index contributed by atoms with van der Waals surface area (Å²) in [6.45, 7) is 4.77. The summed E-state index contributed by atoms with van der Waals surface area (Å²) in [5.74, 6) is 0. The van der Waals surface area contributed by atoms with Crippen LogP contribution >= 0.6 is 0 Å². The maximum absolute atomic E-state index is 12.5. The summed E-state index contributed by atoms with van der Waals surface area (Å²) in [6.07, 6.45) is 3.37. The summed E-state index contributed by atoms with van der Waals surface area (Å²) in [6, 6.07) is 0. The molecule has 8 heteroatoms. The van der Waals surface area contributed by atoms with E-state index in [0.717, 1.165) is 25.9 Å². The molecule has 1 heterocycles. The summed E-state index contributed by atoms with van der Waals surface area (Å²) in [5.41, 5.74) is 0.683. The predicted octanol–water partition coefficient (Wildman–Crippen LogP) is 0.482. The lowest BCUT2D eigenvalue weighted by molar-refractivity contribution is 0.369. The minimum absolute atomic E-state index is 0.193. The first-order valence-corrected chi connectivity index (χ1v) is 8.67. The van der Waals surface area contributed by atoms with E-state index in [1.807, 2.05) is 19.0 Å². The Morgan fingerprint density at radius 2 is 2.00 bits per heavy atom. The molecular weight excluding hydrogens is 290 g/mol. The van der Waals surface area contributed by atoms with Crippen LogP contribution in [0.4, 0.5) is 0 Å². The number of aromatic nitrogens is 2. The van der Waals surface area contributed by atoms with Gasteiger partial charge in [0.1, 0.15) is 0 Å². The molecule has 0 bridgehead atoms. The molecule has 0 atom stereocenters. The Hall–Kier alpha value is -0.960. The van der Waals surface area contributed by atoms with Crippen LogP contribution in [0.2, 0.25) is 0 Å². The highest BCUT2D eigenvalue weighted by Gasteiger charge is 2.25. The standard InChI is InChI=1S/C13H27N5O2S/c1-5-7-14-10-12-11-15-16-13(12)21(19,20)18(4)9-6-8-17(2)3/h11,14H,5-10H2,1-4H3,(H,15,16). The molecule has 0 aliphatic carbocycles. The zero-order valence-corrected chi connectivity index (χ0v) is 14.2. The van der Waals surface area contributed by atoms with Crippen LogP contribution < -0.4 is 5.32 Å². The number of sulfonamides is 1. The molecule has 0 saturated heterocycles. The van der Waals surface area contributed by atoms with Crippen LogP contribution in [0.3, 0.4) is 0 Å². The maximum atomic E-state index is 12.5. The Bertz CT molecular complexity index is 512. The average Bonchev–Trinajstić information content (AvgIpc) is 2.87. The van der Waals surface area contributed by atoms with Gasteiger partial charge in [0.15, 0.2) is 5.03 Å². The molecule has 1 aromatic heterocycles. The van der Waals surface area contributed by atoms with Gasteiger partial charge < -0.3 is 10.2 Å². The van der Waals surface area contributed by atoms with Crippen molar-refractivity contribution in [2.45, 2.75) is 31.3 Å². The van der Waals surface area contributed by atoms with Gasteiger partial charge in [-0.2, -0.15) is 9.40 Å². The number of H-pyrrole nitrogens is 1. The molecule has 1 rings (SSSR count). The second-order valence-corrected chi connectivity index (χ2v) is 7.37. The van der Waals surface area contributed by atoms with Gasteiger partial charge in [-0.05, 0) is 40.0 Å². The highest BCUT2D eigenvalue weighted by molar-refractivity contribution is 7.89. The van der Waals surface area contributed by atoms with E-state index in [1.54, 1.807) is 13.2 Å². The molecule has 0 radical (unpaired) electrons. The van der Waals surface area contributed by atoms with Crippen molar-refractivity contribution in [3.05, 3.63) is 11.8 Å². The van der Waals surface area contributed by atoms with Crippen molar-refractivity contribution in [2.75, 3.05) is 40.8 Å². The SMILES string of the molecule is CCCNCc1cn[nH]c1S(=O)(=O)N(C)CCCN(C)C. The van der Waals surface area contributed by atoms with E-state index in [1.165, 1.54) is 4.31 Å². The van der Waals surface area contributed by atoms with Gasteiger partial charge in [0.25, 0.3) is 10.0 Å². The molecule has 0 saturated carbocycles. The summed E-state index contributed by atoms with van der Waals surface area (Å²) in [4.78, 5) is 2.04. The van der Waals surface area contributed by atoms with Gasteiger partial charge in [-0.25, -0.2) is 8.42 Å². The zero-order valence-electron chi connectivity index (χ0n) is 13.4. The quantitative estimate of drug-likeness (QED) is 0.614. The highest BCUT2D eigenvalue weighted by Crippen LogP contribution is 2.16. The van der Waals surface area contributed by atoms with Gasteiger partial charge in [-0.15, -0.1) is 0 Å². The number of nitrogens with zero attached hydrogens (tertiary/aromatic N) is 3. The third-order valence-corrected chi connectivity index (χ3v) is 5.04. The van der Waals surface area contributed by atoms with Crippen LogP contribution in [-0.2, 0) is 16.6 Å². The molecule has 21 heavy (non-hydrogen) atoms. The lowest BCUT2D eigenvalue weighted by Crippen LogP contribution is -2.31. The first-order valence-electron chi connectivity index (χ1n) is 7.23. The Kier molecular flexibility index (Phi) is 7.30. The maximum Gasteiger partial charge on any atom is 0.260 e. The number of aromatic amines is 1.